The summed E-state index contributed by atoms with van der Waals surface area (Å²) in [7, 11) is -3.08. The van der Waals surface area contributed by atoms with Crippen LogP contribution in [0.15, 0.2) is 0 Å². The standard InChI is InChI=1S/CH4O2S2.Na.5H2O/c1-5(2,3)4;;;;;;/h1H3,(H,2,3,4);;5*1H2/q;+1;;;;;/p-1. The molecule has 0 aliphatic carbocycles. The Kier molecular flexibility index (Phi) is 117. The monoisotopic (exact) mass is 224 g/mol. The Labute approximate surface area is 91.5 Å². The largest absolute Gasteiger partial charge is 1.00 e. The van der Waals surface area contributed by atoms with Gasteiger partial charge in [-0.3, -0.25) is 4.21 Å². The van der Waals surface area contributed by atoms with Crippen LogP contribution in [0.2, 0.25) is 0 Å². The molecule has 11 heavy (non-hydrogen) atoms. The van der Waals surface area contributed by atoms with Crippen molar-refractivity contribution in [2.75, 3.05) is 6.26 Å². The van der Waals surface area contributed by atoms with Crippen molar-refractivity contribution in [2.24, 2.45) is 0 Å². The molecule has 7 nitrogen and oxygen atoms in total. The van der Waals surface area contributed by atoms with Gasteiger partial charge in [-0.25, -0.2) is 0 Å². The maximum Gasteiger partial charge on any atom is 1.00 e. The molecule has 0 aromatic carbocycles. The fourth-order valence-corrected chi connectivity index (χ4v) is 0. The van der Waals surface area contributed by atoms with Gasteiger partial charge in [0.25, 0.3) is 0 Å². The minimum atomic E-state index is -3.08. The second-order valence-electron chi connectivity index (χ2n) is 0.704. The molecule has 0 rings (SSSR count). The Hall–Kier alpha value is 1.13. The first-order valence-corrected chi connectivity index (χ1v) is 3.72. The molecule has 0 aliphatic heterocycles. The van der Waals surface area contributed by atoms with Gasteiger partial charge < -0.3 is 31.9 Å². The summed E-state index contributed by atoms with van der Waals surface area (Å²) in [6.07, 6.45) is 0.975. The van der Waals surface area contributed by atoms with Crippen LogP contribution in [0.3, 0.4) is 0 Å². The topological polar surface area (TPSA) is 198 Å². The van der Waals surface area contributed by atoms with Crippen molar-refractivity contribution >= 4 is 20.0 Å². The molecule has 10 heteroatoms. The zero-order chi connectivity index (χ0) is 4.50. The van der Waals surface area contributed by atoms with Crippen molar-refractivity contribution in [1.29, 1.82) is 0 Å². The van der Waals surface area contributed by atoms with Crippen LogP contribution in [0.4, 0.5) is 0 Å². The third kappa shape index (κ3) is 727. The van der Waals surface area contributed by atoms with Crippen LogP contribution in [0.25, 0.3) is 0 Å². The summed E-state index contributed by atoms with van der Waals surface area (Å²) < 4.78 is 18.9. The third-order valence-electron chi connectivity index (χ3n) is 0. The van der Waals surface area contributed by atoms with Gasteiger partial charge in [0.15, 0.2) is 0 Å². The maximum absolute atomic E-state index is 9.45. The molecule has 1 atom stereocenters. The van der Waals surface area contributed by atoms with E-state index in [0.717, 1.165) is 6.26 Å². The zero-order valence-corrected chi connectivity index (χ0v) is 9.77. The normalized spacial score (nSPS) is 9.64. The fourth-order valence-electron chi connectivity index (χ4n) is 0. The van der Waals surface area contributed by atoms with Gasteiger partial charge >= 0.3 is 29.6 Å². The average molecular weight is 224 g/mol. The molecule has 0 saturated carbocycles. The van der Waals surface area contributed by atoms with Crippen molar-refractivity contribution in [1.82, 2.24) is 0 Å². The van der Waals surface area contributed by atoms with Crippen LogP contribution >= 0.6 is 0 Å². The molecule has 0 aromatic heterocycles. The molecule has 0 bridgehead atoms. The van der Waals surface area contributed by atoms with Crippen LogP contribution < -0.4 is 29.6 Å². The molecule has 72 valence electrons. The van der Waals surface area contributed by atoms with E-state index in [1.54, 1.807) is 0 Å². The van der Waals surface area contributed by atoms with E-state index < -0.39 is 8.77 Å². The molecular formula is CH13NaO7S2. The van der Waals surface area contributed by atoms with Crippen LogP contribution in [0.5, 0.6) is 0 Å². The quantitative estimate of drug-likeness (QED) is 0.368. The Morgan fingerprint density at radius 2 is 1.09 bits per heavy atom. The first-order chi connectivity index (χ1) is 2.00. The molecule has 0 radical (unpaired) electrons. The van der Waals surface area contributed by atoms with Gasteiger partial charge in [-0.15, -0.1) is 0 Å². The Bertz CT molecular complexity index is 99.6. The molecular weight excluding hydrogens is 211 g/mol. The molecule has 0 aromatic rings. The molecule has 0 saturated heterocycles. The minimum Gasteiger partial charge on any atom is -0.770 e. The van der Waals surface area contributed by atoms with Gasteiger partial charge in [0.05, 0.1) is 0 Å². The minimum absolute atomic E-state index is 0. The van der Waals surface area contributed by atoms with E-state index in [2.05, 4.69) is 11.2 Å². The van der Waals surface area contributed by atoms with Gasteiger partial charge in [0.1, 0.15) is 0 Å². The van der Waals surface area contributed by atoms with Gasteiger partial charge in [0, 0.05) is 6.26 Å². The van der Waals surface area contributed by atoms with Crippen molar-refractivity contribution in [3.63, 3.8) is 0 Å². The van der Waals surface area contributed by atoms with Gasteiger partial charge in [-0.05, 0) is 20.0 Å². The first kappa shape index (κ1) is 57.1. The van der Waals surface area contributed by atoms with E-state index in [0.29, 0.717) is 0 Å². The second-order valence-corrected chi connectivity index (χ2v) is 3.93. The van der Waals surface area contributed by atoms with E-state index in [1.807, 2.05) is 0 Å². The summed E-state index contributed by atoms with van der Waals surface area (Å²) in [5.74, 6) is 0. The van der Waals surface area contributed by atoms with E-state index in [-0.39, 0.29) is 56.9 Å². The summed E-state index contributed by atoms with van der Waals surface area (Å²) in [6, 6.07) is 0. The number of hydrogen-bond donors (Lipinski definition) is 0. The van der Waals surface area contributed by atoms with Gasteiger partial charge in [-0.2, -0.15) is 0 Å². The SMILES string of the molecule is CS(=O)([O-])=S.O.O.O.O.O.[Na+]. The first-order valence-electron chi connectivity index (χ1n) is 0.908. The second kappa shape index (κ2) is 22.5. The maximum atomic E-state index is 9.45. The number of rotatable bonds is 0. The van der Waals surface area contributed by atoms with Gasteiger partial charge in [0.2, 0.25) is 0 Å². The summed E-state index contributed by atoms with van der Waals surface area (Å²) in [6.45, 7) is 0. The van der Waals surface area contributed by atoms with Crippen LogP contribution in [-0.2, 0) is 20.0 Å². The van der Waals surface area contributed by atoms with Crippen molar-refractivity contribution in [2.45, 2.75) is 0 Å². The summed E-state index contributed by atoms with van der Waals surface area (Å²) in [4.78, 5) is 0. The Morgan fingerprint density at radius 1 is 1.09 bits per heavy atom. The van der Waals surface area contributed by atoms with Crippen molar-refractivity contribution in [3.05, 3.63) is 0 Å². The van der Waals surface area contributed by atoms with E-state index in [4.69, 9.17) is 0 Å². The number of hydrogen-bond acceptors (Lipinski definition) is 3. The fraction of sp³-hybridized carbons (Fsp3) is 1.00. The van der Waals surface area contributed by atoms with E-state index >= 15 is 0 Å². The van der Waals surface area contributed by atoms with Gasteiger partial charge in [-0.1, -0.05) is 0 Å². The van der Waals surface area contributed by atoms with Crippen LogP contribution in [-0.4, -0.2) is 42.4 Å². The molecule has 0 heterocycles. The molecule has 0 aliphatic rings. The predicted molar refractivity (Wildman–Crippen MR) is 40.3 cm³/mol. The zero-order valence-electron chi connectivity index (χ0n) is 6.13. The van der Waals surface area contributed by atoms with Crippen molar-refractivity contribution < 1.29 is 65.7 Å². The smallest absolute Gasteiger partial charge is 0.770 e. The molecule has 0 amide bonds. The van der Waals surface area contributed by atoms with Crippen LogP contribution in [0, 0.1) is 0 Å². The molecule has 10 N–H and O–H groups in total. The summed E-state index contributed by atoms with van der Waals surface area (Å²) in [5.41, 5.74) is 0. The van der Waals surface area contributed by atoms with Crippen LogP contribution in [0.1, 0.15) is 0 Å². The molecule has 1 unspecified atom stereocenters. The average Bonchev–Trinajstić information content (AvgIpc) is 0.722. The molecule has 0 fully saturated rings. The summed E-state index contributed by atoms with van der Waals surface area (Å²) in [5, 5.41) is 0. The van der Waals surface area contributed by atoms with E-state index in [1.165, 1.54) is 0 Å². The third-order valence-corrected chi connectivity index (χ3v) is 0. The Morgan fingerprint density at radius 3 is 1.09 bits per heavy atom. The Balaban J connectivity index is -0.00000000533. The molecule has 0 spiro atoms. The predicted octanol–water partition coefficient (Wildman–Crippen LogP) is -7.63. The summed E-state index contributed by atoms with van der Waals surface area (Å²) >= 11 is 3.80. The van der Waals surface area contributed by atoms with Crippen molar-refractivity contribution in [3.8, 4) is 0 Å². The van der Waals surface area contributed by atoms with E-state index in [9.17, 15) is 8.76 Å².